The van der Waals surface area contributed by atoms with Crippen LogP contribution in [0.3, 0.4) is 0 Å². The lowest BCUT2D eigenvalue weighted by atomic mass is 10.1. The van der Waals surface area contributed by atoms with Gasteiger partial charge in [-0.1, -0.05) is 24.3 Å². The van der Waals surface area contributed by atoms with Crippen LogP contribution in [-0.4, -0.2) is 13.6 Å². The van der Waals surface area contributed by atoms with E-state index < -0.39 is 0 Å². The summed E-state index contributed by atoms with van der Waals surface area (Å²) in [6, 6.07) is 14.6. The van der Waals surface area contributed by atoms with E-state index in [1.807, 2.05) is 42.3 Å². The lowest BCUT2D eigenvalue weighted by Crippen LogP contribution is -2.21. The number of hydrogen-bond acceptors (Lipinski definition) is 2. The number of hydrogen-bond donors (Lipinski definition) is 1. The molecule has 0 heterocycles. The highest BCUT2D eigenvalue weighted by atomic mass is 19.1. The van der Waals surface area contributed by atoms with Crippen LogP contribution in [0.5, 0.6) is 0 Å². The van der Waals surface area contributed by atoms with Crippen LogP contribution in [0.1, 0.15) is 5.56 Å². The summed E-state index contributed by atoms with van der Waals surface area (Å²) >= 11 is 0. The standard InChI is InChI=1S/C15H17FN2/c1-18(15-5-3-2-4-14(15)16)11-10-12-6-8-13(17)9-7-12/h2-9H,10-11,17H2,1H3. The first-order chi connectivity index (χ1) is 8.66. The smallest absolute Gasteiger partial charge is 0.146 e. The van der Waals surface area contributed by atoms with Crippen molar-refractivity contribution >= 4 is 11.4 Å². The van der Waals surface area contributed by atoms with E-state index in [1.54, 1.807) is 12.1 Å². The van der Waals surface area contributed by atoms with Gasteiger partial charge in [0.25, 0.3) is 0 Å². The van der Waals surface area contributed by atoms with Gasteiger partial charge in [-0.2, -0.15) is 0 Å². The van der Waals surface area contributed by atoms with Crippen LogP contribution in [0, 0.1) is 5.82 Å². The summed E-state index contributed by atoms with van der Waals surface area (Å²) in [4.78, 5) is 1.92. The van der Waals surface area contributed by atoms with Gasteiger partial charge in [0.15, 0.2) is 0 Å². The molecule has 0 saturated carbocycles. The van der Waals surface area contributed by atoms with Gasteiger partial charge in [-0.15, -0.1) is 0 Å². The third-order valence-electron chi connectivity index (χ3n) is 2.98. The number of halogens is 1. The van der Waals surface area contributed by atoms with Crippen molar-refractivity contribution in [2.45, 2.75) is 6.42 Å². The summed E-state index contributed by atoms with van der Waals surface area (Å²) in [5.74, 6) is -0.183. The highest BCUT2D eigenvalue weighted by Crippen LogP contribution is 2.17. The minimum atomic E-state index is -0.183. The second-order valence-corrected chi connectivity index (χ2v) is 4.36. The molecule has 0 atom stereocenters. The number of benzene rings is 2. The number of likely N-dealkylation sites (N-methyl/N-ethyl adjacent to an activating group) is 1. The van der Waals surface area contributed by atoms with E-state index in [0.717, 1.165) is 18.7 Å². The number of anilines is 2. The lowest BCUT2D eigenvalue weighted by molar-refractivity contribution is 0.622. The molecule has 18 heavy (non-hydrogen) atoms. The second kappa shape index (κ2) is 5.54. The molecular formula is C15H17FN2. The van der Waals surface area contributed by atoms with Crippen molar-refractivity contribution in [1.29, 1.82) is 0 Å². The van der Waals surface area contributed by atoms with Crippen molar-refractivity contribution in [3.63, 3.8) is 0 Å². The number of rotatable bonds is 4. The minimum absolute atomic E-state index is 0.183. The molecule has 2 rings (SSSR count). The molecule has 2 nitrogen and oxygen atoms in total. The lowest BCUT2D eigenvalue weighted by Gasteiger charge is -2.19. The van der Waals surface area contributed by atoms with Gasteiger partial charge in [0.2, 0.25) is 0 Å². The Morgan fingerprint density at radius 2 is 1.72 bits per heavy atom. The first-order valence-corrected chi connectivity index (χ1v) is 5.97. The zero-order chi connectivity index (χ0) is 13.0. The summed E-state index contributed by atoms with van der Waals surface area (Å²) in [5, 5.41) is 0. The second-order valence-electron chi connectivity index (χ2n) is 4.36. The maximum atomic E-state index is 13.6. The Labute approximate surface area is 107 Å². The summed E-state index contributed by atoms with van der Waals surface area (Å²) in [6.45, 7) is 0.769. The molecular weight excluding hydrogens is 227 g/mol. The van der Waals surface area contributed by atoms with Crippen molar-refractivity contribution in [2.75, 3.05) is 24.2 Å². The normalized spacial score (nSPS) is 10.3. The Bertz CT molecular complexity index is 508. The van der Waals surface area contributed by atoms with E-state index in [-0.39, 0.29) is 5.82 Å². The third kappa shape index (κ3) is 3.00. The van der Waals surface area contributed by atoms with Gasteiger partial charge in [0, 0.05) is 19.3 Å². The monoisotopic (exact) mass is 244 g/mol. The van der Waals surface area contributed by atoms with Crippen molar-refractivity contribution in [3.8, 4) is 0 Å². The van der Waals surface area contributed by atoms with Crippen LogP contribution < -0.4 is 10.6 Å². The summed E-state index contributed by atoms with van der Waals surface area (Å²) < 4.78 is 13.6. The number of para-hydroxylation sites is 1. The highest BCUT2D eigenvalue weighted by molar-refractivity contribution is 5.47. The topological polar surface area (TPSA) is 29.3 Å². The van der Waals surface area contributed by atoms with E-state index in [9.17, 15) is 4.39 Å². The molecule has 0 amide bonds. The van der Waals surface area contributed by atoms with Crippen molar-refractivity contribution in [1.82, 2.24) is 0 Å². The molecule has 0 aliphatic heterocycles. The van der Waals surface area contributed by atoms with Crippen molar-refractivity contribution < 1.29 is 4.39 Å². The SMILES string of the molecule is CN(CCc1ccc(N)cc1)c1ccccc1F. The van der Waals surface area contributed by atoms with E-state index in [2.05, 4.69) is 0 Å². The molecule has 2 aromatic carbocycles. The molecule has 0 saturated heterocycles. The molecule has 0 radical (unpaired) electrons. The minimum Gasteiger partial charge on any atom is -0.399 e. The maximum absolute atomic E-state index is 13.6. The highest BCUT2D eigenvalue weighted by Gasteiger charge is 2.06. The number of nitrogen functional groups attached to an aromatic ring is 1. The Morgan fingerprint density at radius 3 is 2.39 bits per heavy atom. The molecule has 0 spiro atoms. The average molecular weight is 244 g/mol. The zero-order valence-electron chi connectivity index (χ0n) is 10.4. The molecule has 0 fully saturated rings. The Hall–Kier alpha value is -2.03. The summed E-state index contributed by atoms with van der Waals surface area (Å²) in [5.41, 5.74) is 8.23. The number of nitrogens with zero attached hydrogens (tertiary/aromatic N) is 1. The van der Waals surface area contributed by atoms with E-state index in [4.69, 9.17) is 5.73 Å². The predicted octanol–water partition coefficient (Wildman–Crippen LogP) is 3.09. The van der Waals surface area contributed by atoms with Gasteiger partial charge in [0.05, 0.1) is 5.69 Å². The van der Waals surface area contributed by atoms with Crippen LogP contribution >= 0.6 is 0 Å². The maximum Gasteiger partial charge on any atom is 0.146 e. The first-order valence-electron chi connectivity index (χ1n) is 5.97. The summed E-state index contributed by atoms with van der Waals surface area (Å²) in [6.07, 6.45) is 0.866. The first kappa shape index (κ1) is 12.4. The van der Waals surface area contributed by atoms with Gasteiger partial charge in [-0.25, -0.2) is 4.39 Å². The zero-order valence-corrected chi connectivity index (χ0v) is 10.4. The van der Waals surface area contributed by atoms with Gasteiger partial charge < -0.3 is 10.6 Å². The van der Waals surface area contributed by atoms with Gasteiger partial charge in [-0.3, -0.25) is 0 Å². The largest absolute Gasteiger partial charge is 0.399 e. The average Bonchev–Trinajstić information content (AvgIpc) is 2.38. The van der Waals surface area contributed by atoms with Crippen LogP contribution in [0.15, 0.2) is 48.5 Å². The van der Waals surface area contributed by atoms with Crippen LogP contribution in [-0.2, 0) is 6.42 Å². The van der Waals surface area contributed by atoms with Gasteiger partial charge in [0.1, 0.15) is 5.82 Å². The molecule has 0 aliphatic carbocycles. The van der Waals surface area contributed by atoms with Crippen molar-refractivity contribution in [2.24, 2.45) is 0 Å². The molecule has 2 N–H and O–H groups in total. The van der Waals surface area contributed by atoms with E-state index in [0.29, 0.717) is 5.69 Å². The molecule has 0 bridgehead atoms. The van der Waals surface area contributed by atoms with Crippen LogP contribution in [0.4, 0.5) is 15.8 Å². The third-order valence-corrected chi connectivity index (χ3v) is 2.98. The molecule has 0 aliphatic rings. The molecule has 0 unspecified atom stereocenters. The fourth-order valence-corrected chi connectivity index (χ4v) is 1.86. The molecule has 0 aromatic heterocycles. The van der Waals surface area contributed by atoms with E-state index >= 15 is 0 Å². The van der Waals surface area contributed by atoms with Gasteiger partial charge in [-0.05, 0) is 36.2 Å². The predicted molar refractivity (Wildman–Crippen MR) is 74.2 cm³/mol. The fourth-order valence-electron chi connectivity index (χ4n) is 1.86. The molecule has 94 valence electrons. The summed E-state index contributed by atoms with van der Waals surface area (Å²) in [7, 11) is 1.90. The van der Waals surface area contributed by atoms with E-state index in [1.165, 1.54) is 11.6 Å². The van der Waals surface area contributed by atoms with Crippen LogP contribution in [0.25, 0.3) is 0 Å². The Balaban J connectivity index is 1.98. The Morgan fingerprint density at radius 1 is 1.06 bits per heavy atom. The fraction of sp³-hybridized carbons (Fsp3) is 0.200. The quantitative estimate of drug-likeness (QED) is 0.837. The van der Waals surface area contributed by atoms with Crippen molar-refractivity contribution in [3.05, 3.63) is 59.9 Å². The molecule has 3 heteroatoms. The molecule has 2 aromatic rings. The van der Waals surface area contributed by atoms with Crippen LogP contribution in [0.2, 0.25) is 0 Å². The Kier molecular flexibility index (Phi) is 3.82. The van der Waals surface area contributed by atoms with Gasteiger partial charge >= 0.3 is 0 Å². The number of nitrogens with two attached hydrogens (primary N) is 1.